The normalized spacial score (nSPS) is 16.7. The summed E-state index contributed by atoms with van der Waals surface area (Å²) in [6, 6.07) is 4.42. The van der Waals surface area contributed by atoms with Crippen molar-refractivity contribution in [2.24, 2.45) is 5.92 Å². The highest BCUT2D eigenvalue weighted by Crippen LogP contribution is 2.38. The van der Waals surface area contributed by atoms with Crippen molar-refractivity contribution in [1.82, 2.24) is 4.57 Å². The summed E-state index contributed by atoms with van der Waals surface area (Å²) in [5.41, 5.74) is 6.97. The quantitative estimate of drug-likeness (QED) is 0.835. The molecule has 0 radical (unpaired) electrons. The molecule has 0 spiro atoms. The number of fused-ring (bicyclic) bond motifs is 3. The number of benzene rings is 1. The van der Waals surface area contributed by atoms with Gasteiger partial charge in [-0.05, 0) is 61.3 Å². The third kappa shape index (κ3) is 2.56. The van der Waals surface area contributed by atoms with Crippen LogP contribution in [0.2, 0.25) is 0 Å². The maximum Gasteiger partial charge on any atom is 0.224 e. The van der Waals surface area contributed by atoms with E-state index in [0.29, 0.717) is 12.3 Å². The van der Waals surface area contributed by atoms with E-state index in [9.17, 15) is 4.79 Å². The molecule has 0 bridgehead atoms. The summed E-state index contributed by atoms with van der Waals surface area (Å²) < 4.78 is 2.56. The van der Waals surface area contributed by atoms with E-state index in [-0.39, 0.29) is 5.91 Å². The molecule has 1 N–H and O–H groups in total. The lowest BCUT2D eigenvalue weighted by Crippen LogP contribution is -2.13. The average Bonchev–Trinajstić information content (AvgIpc) is 2.92. The maximum atomic E-state index is 12.1. The standard InChI is InChI=1S/C20H26N2O/c1-13(2)10-19(23)21-15-11-14-8-9-22-18-7-5-3-4-6-16(18)17(12-15)20(14)22/h11-13H,3-10H2,1-2H3,(H,21,23). The lowest BCUT2D eigenvalue weighted by Gasteiger charge is -2.09. The third-order valence-electron chi connectivity index (χ3n) is 5.28. The first-order valence-corrected chi connectivity index (χ1v) is 9.10. The minimum atomic E-state index is 0.134. The van der Waals surface area contributed by atoms with Crippen LogP contribution >= 0.6 is 0 Å². The largest absolute Gasteiger partial charge is 0.344 e. The summed E-state index contributed by atoms with van der Waals surface area (Å²) in [5, 5.41) is 4.53. The minimum Gasteiger partial charge on any atom is -0.344 e. The van der Waals surface area contributed by atoms with Crippen LogP contribution in [0.5, 0.6) is 0 Å². The van der Waals surface area contributed by atoms with Gasteiger partial charge in [0.15, 0.2) is 0 Å². The number of aromatic nitrogens is 1. The molecule has 2 aromatic rings. The van der Waals surface area contributed by atoms with E-state index in [1.165, 1.54) is 48.6 Å². The second-order valence-electron chi connectivity index (χ2n) is 7.57. The van der Waals surface area contributed by atoms with E-state index in [4.69, 9.17) is 0 Å². The topological polar surface area (TPSA) is 34.0 Å². The SMILES string of the molecule is CC(C)CC(=O)Nc1cc2c3c(c1)c1c(n3CC2)CCCCC1. The summed E-state index contributed by atoms with van der Waals surface area (Å²) in [6.45, 7) is 5.29. The van der Waals surface area contributed by atoms with Gasteiger partial charge in [-0.3, -0.25) is 4.79 Å². The van der Waals surface area contributed by atoms with Gasteiger partial charge in [-0.15, -0.1) is 0 Å². The van der Waals surface area contributed by atoms with Crippen molar-refractivity contribution in [3.05, 3.63) is 29.0 Å². The predicted octanol–water partition coefficient (Wildman–Crippen LogP) is 4.45. The fourth-order valence-corrected chi connectivity index (χ4v) is 4.36. The van der Waals surface area contributed by atoms with Gasteiger partial charge in [-0.1, -0.05) is 20.3 Å². The first-order chi connectivity index (χ1) is 11.1. The number of carbonyl (C=O) groups is 1. The van der Waals surface area contributed by atoms with E-state index in [1.54, 1.807) is 11.3 Å². The molecular weight excluding hydrogens is 284 g/mol. The lowest BCUT2D eigenvalue weighted by atomic mass is 10.0. The van der Waals surface area contributed by atoms with Crippen LogP contribution in [0.15, 0.2) is 12.1 Å². The molecule has 23 heavy (non-hydrogen) atoms. The molecule has 122 valence electrons. The van der Waals surface area contributed by atoms with Gasteiger partial charge >= 0.3 is 0 Å². The smallest absolute Gasteiger partial charge is 0.224 e. The number of hydrogen-bond acceptors (Lipinski definition) is 1. The van der Waals surface area contributed by atoms with Gasteiger partial charge in [0.05, 0.1) is 5.52 Å². The van der Waals surface area contributed by atoms with Crippen molar-refractivity contribution < 1.29 is 4.79 Å². The van der Waals surface area contributed by atoms with Crippen LogP contribution in [0.3, 0.4) is 0 Å². The molecule has 2 heterocycles. The van der Waals surface area contributed by atoms with Gasteiger partial charge in [-0.2, -0.15) is 0 Å². The number of rotatable bonds is 3. The van der Waals surface area contributed by atoms with Crippen LogP contribution in [0, 0.1) is 5.92 Å². The number of nitrogens with one attached hydrogen (secondary N) is 1. The maximum absolute atomic E-state index is 12.1. The predicted molar refractivity (Wildman–Crippen MR) is 95.0 cm³/mol. The molecule has 1 aliphatic carbocycles. The van der Waals surface area contributed by atoms with Crippen molar-refractivity contribution in [2.45, 2.75) is 65.3 Å². The monoisotopic (exact) mass is 310 g/mol. The molecule has 1 amide bonds. The first kappa shape index (κ1) is 14.8. The highest BCUT2D eigenvalue weighted by Gasteiger charge is 2.25. The molecule has 0 saturated heterocycles. The van der Waals surface area contributed by atoms with E-state index in [2.05, 4.69) is 35.9 Å². The van der Waals surface area contributed by atoms with Crippen LogP contribution in [0.25, 0.3) is 10.9 Å². The Morgan fingerprint density at radius 2 is 2.00 bits per heavy atom. The number of anilines is 1. The third-order valence-corrected chi connectivity index (χ3v) is 5.28. The molecule has 3 nitrogen and oxygen atoms in total. The lowest BCUT2D eigenvalue weighted by molar-refractivity contribution is -0.116. The van der Waals surface area contributed by atoms with Gasteiger partial charge in [0.2, 0.25) is 5.91 Å². The molecule has 0 unspecified atom stereocenters. The van der Waals surface area contributed by atoms with Crippen molar-refractivity contribution >= 4 is 22.5 Å². The molecule has 1 aromatic carbocycles. The van der Waals surface area contributed by atoms with Crippen molar-refractivity contribution in [1.29, 1.82) is 0 Å². The molecule has 0 saturated carbocycles. The fourth-order valence-electron chi connectivity index (χ4n) is 4.36. The zero-order valence-electron chi connectivity index (χ0n) is 14.2. The molecular formula is C20H26N2O. The van der Waals surface area contributed by atoms with Gasteiger partial charge < -0.3 is 9.88 Å². The highest BCUT2D eigenvalue weighted by molar-refractivity contribution is 5.97. The Hall–Kier alpha value is -1.77. The van der Waals surface area contributed by atoms with Crippen LogP contribution in [0.4, 0.5) is 5.69 Å². The van der Waals surface area contributed by atoms with Gasteiger partial charge in [0.25, 0.3) is 0 Å². The number of aryl methyl sites for hydroxylation is 3. The Labute approximate surface area is 138 Å². The molecule has 1 aromatic heterocycles. The highest BCUT2D eigenvalue weighted by atomic mass is 16.1. The fraction of sp³-hybridized carbons (Fsp3) is 0.550. The summed E-state index contributed by atoms with van der Waals surface area (Å²) in [7, 11) is 0. The zero-order valence-corrected chi connectivity index (χ0v) is 14.2. The van der Waals surface area contributed by atoms with Gasteiger partial charge in [0, 0.05) is 29.7 Å². The average molecular weight is 310 g/mol. The molecule has 4 rings (SSSR count). The number of carbonyl (C=O) groups excluding carboxylic acids is 1. The number of hydrogen-bond donors (Lipinski definition) is 1. The van der Waals surface area contributed by atoms with Crippen LogP contribution in [-0.4, -0.2) is 10.5 Å². The van der Waals surface area contributed by atoms with Crippen molar-refractivity contribution in [3.8, 4) is 0 Å². The summed E-state index contributed by atoms with van der Waals surface area (Å²) in [4.78, 5) is 12.1. The van der Waals surface area contributed by atoms with E-state index < -0.39 is 0 Å². The van der Waals surface area contributed by atoms with Crippen molar-refractivity contribution in [2.75, 3.05) is 5.32 Å². The Morgan fingerprint density at radius 3 is 2.83 bits per heavy atom. The second-order valence-corrected chi connectivity index (χ2v) is 7.57. The first-order valence-electron chi connectivity index (χ1n) is 9.10. The Bertz CT molecular complexity index is 770. The summed E-state index contributed by atoms with van der Waals surface area (Å²) >= 11 is 0. The van der Waals surface area contributed by atoms with Crippen molar-refractivity contribution in [3.63, 3.8) is 0 Å². The van der Waals surface area contributed by atoms with Crippen LogP contribution in [0.1, 0.15) is 56.4 Å². The molecule has 2 aliphatic rings. The number of amides is 1. The molecule has 3 heteroatoms. The van der Waals surface area contributed by atoms with E-state index in [0.717, 1.165) is 18.7 Å². The summed E-state index contributed by atoms with van der Waals surface area (Å²) in [6.07, 6.45) is 8.07. The Morgan fingerprint density at radius 1 is 1.17 bits per heavy atom. The minimum absolute atomic E-state index is 0.134. The van der Waals surface area contributed by atoms with Crippen LogP contribution < -0.4 is 5.32 Å². The molecule has 0 fully saturated rings. The Kier molecular flexibility index (Phi) is 3.67. The van der Waals surface area contributed by atoms with E-state index >= 15 is 0 Å². The van der Waals surface area contributed by atoms with Gasteiger partial charge in [-0.25, -0.2) is 0 Å². The summed E-state index contributed by atoms with van der Waals surface area (Å²) in [5.74, 6) is 0.529. The second kappa shape index (κ2) is 5.70. The number of nitrogens with zero attached hydrogens (tertiary/aromatic N) is 1. The molecule has 0 atom stereocenters. The molecule has 1 aliphatic heterocycles. The Balaban J connectivity index is 1.76. The van der Waals surface area contributed by atoms with Crippen LogP contribution in [-0.2, 0) is 30.6 Å². The zero-order chi connectivity index (χ0) is 16.0. The van der Waals surface area contributed by atoms with Gasteiger partial charge in [0.1, 0.15) is 0 Å². The van der Waals surface area contributed by atoms with E-state index in [1.807, 2.05) is 0 Å².